The van der Waals surface area contributed by atoms with Gasteiger partial charge >= 0.3 is 0 Å². The van der Waals surface area contributed by atoms with Crippen LogP contribution in [0.15, 0.2) is 29.6 Å². The number of benzene rings is 1. The van der Waals surface area contributed by atoms with Gasteiger partial charge in [0.15, 0.2) is 17.3 Å². The van der Waals surface area contributed by atoms with E-state index in [1.807, 2.05) is 0 Å². The fourth-order valence-electron chi connectivity index (χ4n) is 4.05. The average Bonchev–Trinajstić information content (AvgIpc) is 3.06. The van der Waals surface area contributed by atoms with E-state index < -0.39 is 0 Å². The lowest BCUT2D eigenvalue weighted by Gasteiger charge is -2.26. The molecule has 0 spiro atoms. The number of aromatic hydroxyl groups is 1. The van der Waals surface area contributed by atoms with Crippen LogP contribution in [-0.2, 0) is 11.3 Å². The molecule has 1 aliphatic heterocycles. The van der Waals surface area contributed by atoms with Crippen molar-refractivity contribution in [3.8, 4) is 11.5 Å². The number of aromatic nitrogens is 3. The van der Waals surface area contributed by atoms with Gasteiger partial charge in [-0.3, -0.25) is 10.3 Å². The quantitative estimate of drug-likeness (QED) is 0.412. The summed E-state index contributed by atoms with van der Waals surface area (Å²) in [5.74, 6) is 1.17. The number of phenolic OH excluding ortho intramolecular Hbond substituents is 1. The average molecular weight is 439 g/mol. The Morgan fingerprint density at radius 1 is 1.22 bits per heavy atom. The van der Waals surface area contributed by atoms with Gasteiger partial charge in [-0.05, 0) is 49.6 Å². The maximum Gasteiger partial charge on any atom is 0.161 e. The first-order chi connectivity index (χ1) is 15.6. The summed E-state index contributed by atoms with van der Waals surface area (Å²) in [4.78, 5) is 11.4. The van der Waals surface area contributed by atoms with E-state index in [2.05, 4.69) is 43.8 Å². The van der Waals surface area contributed by atoms with Crippen LogP contribution < -0.4 is 10.2 Å². The minimum absolute atomic E-state index is 0.0937. The molecule has 1 saturated heterocycles. The van der Waals surface area contributed by atoms with Gasteiger partial charge in [0, 0.05) is 31.9 Å². The van der Waals surface area contributed by atoms with E-state index in [1.54, 1.807) is 30.7 Å². The molecule has 0 saturated carbocycles. The number of hydrogen-bond acceptors (Lipinski definition) is 8. The molecular formula is C23H30N6O3. The fraction of sp³-hybridized carbons (Fsp3) is 0.435. The Kier molecular flexibility index (Phi) is 6.87. The Labute approximate surface area is 187 Å². The highest BCUT2D eigenvalue weighted by Crippen LogP contribution is 2.29. The van der Waals surface area contributed by atoms with Crippen molar-refractivity contribution >= 4 is 23.1 Å². The van der Waals surface area contributed by atoms with Gasteiger partial charge < -0.3 is 19.1 Å². The van der Waals surface area contributed by atoms with E-state index in [4.69, 9.17) is 9.47 Å². The highest BCUT2D eigenvalue weighted by atomic mass is 16.5. The molecule has 0 bridgehead atoms. The second-order valence-corrected chi connectivity index (χ2v) is 7.89. The predicted molar refractivity (Wildman–Crippen MR) is 125 cm³/mol. The number of morpholine rings is 1. The number of hydrazone groups is 1. The number of nitrogens with zero attached hydrogens (tertiary/aromatic N) is 5. The van der Waals surface area contributed by atoms with E-state index in [0.29, 0.717) is 11.6 Å². The maximum absolute atomic E-state index is 9.74. The van der Waals surface area contributed by atoms with E-state index in [9.17, 15) is 5.11 Å². The molecule has 0 atom stereocenters. The highest BCUT2D eigenvalue weighted by molar-refractivity contribution is 5.92. The van der Waals surface area contributed by atoms with Gasteiger partial charge in [0.25, 0.3) is 0 Å². The molecule has 1 fully saturated rings. The first-order valence-electron chi connectivity index (χ1n) is 10.8. The van der Waals surface area contributed by atoms with E-state index in [0.717, 1.165) is 68.0 Å². The van der Waals surface area contributed by atoms with E-state index in [-0.39, 0.29) is 5.75 Å². The molecule has 2 N–H and O–H groups in total. The first-order valence-corrected chi connectivity index (χ1v) is 10.8. The molecule has 9 nitrogen and oxygen atoms in total. The van der Waals surface area contributed by atoms with Crippen LogP contribution in [0, 0.1) is 13.8 Å². The molecule has 2 aromatic heterocycles. The van der Waals surface area contributed by atoms with Crippen LogP contribution in [0.3, 0.4) is 0 Å². The minimum atomic E-state index is 0.0937. The number of ether oxygens (including phenoxy) is 2. The lowest BCUT2D eigenvalue weighted by molar-refractivity contribution is 0.0369. The molecule has 1 aromatic carbocycles. The van der Waals surface area contributed by atoms with Gasteiger partial charge in [0.05, 0.1) is 31.9 Å². The number of aryl methyl sites for hydroxylation is 2. The smallest absolute Gasteiger partial charge is 0.161 e. The van der Waals surface area contributed by atoms with Gasteiger partial charge in [-0.25, -0.2) is 9.97 Å². The lowest BCUT2D eigenvalue weighted by Crippen LogP contribution is -2.37. The number of fused-ring (bicyclic) bond motifs is 1. The summed E-state index contributed by atoms with van der Waals surface area (Å²) in [6, 6.07) is 5.06. The normalized spacial score (nSPS) is 15.0. The molecule has 32 heavy (non-hydrogen) atoms. The topological polar surface area (TPSA) is 97.0 Å². The summed E-state index contributed by atoms with van der Waals surface area (Å²) in [6.45, 7) is 9.84. The van der Waals surface area contributed by atoms with Crippen LogP contribution in [0.1, 0.15) is 23.2 Å². The van der Waals surface area contributed by atoms with Crippen molar-refractivity contribution in [2.24, 2.45) is 5.10 Å². The summed E-state index contributed by atoms with van der Waals surface area (Å²) in [7, 11) is 1.52. The number of rotatable bonds is 8. The van der Waals surface area contributed by atoms with Crippen LogP contribution in [0.25, 0.3) is 11.0 Å². The second kappa shape index (κ2) is 9.97. The predicted octanol–water partition coefficient (Wildman–Crippen LogP) is 2.93. The lowest BCUT2D eigenvalue weighted by atomic mass is 10.2. The standard InChI is InChI=1S/C23H30N6O3/c1-16-17(2)29(8-4-7-28-9-11-32-12-10-28)23-21(16)22(24-15-25-23)27-26-14-18-5-6-19(30)20(13-18)31-3/h5-6,13-15,30H,4,7-12H2,1-3H3,(H,24,25,27). The number of hydrogen-bond donors (Lipinski definition) is 2. The van der Waals surface area contributed by atoms with Crippen LogP contribution in [-0.4, -0.2) is 70.7 Å². The van der Waals surface area contributed by atoms with Crippen molar-refractivity contribution in [1.29, 1.82) is 0 Å². The number of anilines is 1. The summed E-state index contributed by atoms with van der Waals surface area (Å²) < 4.78 is 12.9. The number of phenols is 1. The Balaban J connectivity index is 1.50. The molecule has 4 rings (SSSR count). The zero-order valence-corrected chi connectivity index (χ0v) is 18.8. The summed E-state index contributed by atoms with van der Waals surface area (Å²) in [6.07, 6.45) is 4.29. The van der Waals surface area contributed by atoms with Gasteiger partial charge in [-0.1, -0.05) is 0 Å². The van der Waals surface area contributed by atoms with Gasteiger partial charge in [0.2, 0.25) is 0 Å². The van der Waals surface area contributed by atoms with Crippen LogP contribution in [0.2, 0.25) is 0 Å². The van der Waals surface area contributed by atoms with Crippen LogP contribution in [0.5, 0.6) is 11.5 Å². The first kappa shape index (κ1) is 22.0. The Bertz CT molecular complexity index is 1100. The van der Waals surface area contributed by atoms with Crippen molar-refractivity contribution in [1.82, 2.24) is 19.4 Å². The van der Waals surface area contributed by atoms with Gasteiger partial charge in [0.1, 0.15) is 12.0 Å². The zero-order valence-electron chi connectivity index (χ0n) is 18.8. The van der Waals surface area contributed by atoms with Crippen molar-refractivity contribution in [3.05, 3.63) is 41.3 Å². The molecule has 1 aliphatic rings. The maximum atomic E-state index is 9.74. The molecule has 3 aromatic rings. The molecule has 170 valence electrons. The SMILES string of the molecule is COc1cc(C=NNc2ncnc3c2c(C)c(C)n3CCCN2CCOCC2)ccc1O. The molecule has 3 heterocycles. The van der Waals surface area contributed by atoms with Gasteiger partial charge in [-0.15, -0.1) is 0 Å². The largest absolute Gasteiger partial charge is 0.504 e. The van der Waals surface area contributed by atoms with Crippen molar-refractivity contribution < 1.29 is 14.6 Å². The second-order valence-electron chi connectivity index (χ2n) is 7.89. The van der Waals surface area contributed by atoms with Crippen molar-refractivity contribution in [3.63, 3.8) is 0 Å². The summed E-state index contributed by atoms with van der Waals surface area (Å²) in [5.41, 5.74) is 7.11. The molecule has 0 unspecified atom stereocenters. The Morgan fingerprint density at radius 2 is 2.03 bits per heavy atom. The van der Waals surface area contributed by atoms with Crippen molar-refractivity contribution in [2.45, 2.75) is 26.8 Å². The highest BCUT2D eigenvalue weighted by Gasteiger charge is 2.17. The van der Waals surface area contributed by atoms with E-state index >= 15 is 0 Å². The fourth-order valence-corrected chi connectivity index (χ4v) is 4.05. The molecule has 9 heteroatoms. The molecule has 0 radical (unpaired) electrons. The van der Waals surface area contributed by atoms with Crippen LogP contribution in [0.4, 0.5) is 5.82 Å². The Hall–Kier alpha value is -3.17. The molecule has 0 aliphatic carbocycles. The Morgan fingerprint density at radius 3 is 2.81 bits per heavy atom. The summed E-state index contributed by atoms with van der Waals surface area (Å²) in [5, 5.41) is 15.1. The third kappa shape index (κ3) is 4.68. The molecule has 0 amide bonds. The van der Waals surface area contributed by atoms with Crippen LogP contribution >= 0.6 is 0 Å². The molecular weight excluding hydrogens is 408 g/mol. The monoisotopic (exact) mass is 438 g/mol. The number of nitrogens with one attached hydrogen (secondary N) is 1. The van der Waals surface area contributed by atoms with E-state index in [1.165, 1.54) is 12.8 Å². The summed E-state index contributed by atoms with van der Waals surface area (Å²) >= 11 is 0. The van der Waals surface area contributed by atoms with Crippen molar-refractivity contribution in [2.75, 3.05) is 45.4 Å². The number of methoxy groups -OCH3 is 1. The zero-order chi connectivity index (χ0) is 22.5. The third-order valence-electron chi connectivity index (χ3n) is 5.95. The minimum Gasteiger partial charge on any atom is -0.504 e. The van der Waals surface area contributed by atoms with Gasteiger partial charge in [-0.2, -0.15) is 5.10 Å². The third-order valence-corrected chi connectivity index (χ3v) is 5.95.